The third-order valence-corrected chi connectivity index (χ3v) is 8.57. The van der Waals surface area contributed by atoms with Crippen LogP contribution in [0.15, 0.2) is 47.6 Å². The van der Waals surface area contributed by atoms with E-state index in [1.54, 1.807) is 34.9 Å². The SMILES string of the molecule is O=C(N[C@H]1C[C@@H]2C[C@H]1CN2S(=O)(=O)c1ccc2c(c1)CCCC2)c1cccnc1. The smallest absolute Gasteiger partial charge is 0.253 e. The lowest BCUT2D eigenvalue weighted by Crippen LogP contribution is -2.47. The topological polar surface area (TPSA) is 79.4 Å². The van der Waals surface area contributed by atoms with Crippen molar-refractivity contribution in [2.75, 3.05) is 6.54 Å². The van der Waals surface area contributed by atoms with Gasteiger partial charge in [0.15, 0.2) is 0 Å². The zero-order valence-electron chi connectivity index (χ0n) is 16.3. The second kappa shape index (κ2) is 7.22. The van der Waals surface area contributed by atoms with Gasteiger partial charge in [-0.05, 0) is 79.8 Å². The summed E-state index contributed by atoms with van der Waals surface area (Å²) < 4.78 is 28.2. The number of pyridine rings is 1. The lowest BCUT2D eigenvalue weighted by molar-refractivity contribution is 0.0919. The van der Waals surface area contributed by atoms with Crippen LogP contribution in [0, 0.1) is 5.92 Å². The number of carbonyl (C=O) groups excluding carboxylic acids is 1. The van der Waals surface area contributed by atoms with Crippen LogP contribution >= 0.6 is 0 Å². The molecular weight excluding hydrogens is 386 g/mol. The molecule has 2 fully saturated rings. The average Bonchev–Trinajstić information content (AvgIpc) is 3.35. The minimum absolute atomic E-state index is 0.0164. The van der Waals surface area contributed by atoms with Crippen LogP contribution in [0.2, 0.25) is 0 Å². The van der Waals surface area contributed by atoms with Gasteiger partial charge in [-0.2, -0.15) is 4.31 Å². The molecule has 5 rings (SSSR count). The summed E-state index contributed by atoms with van der Waals surface area (Å²) in [6.07, 6.45) is 8.98. The number of benzene rings is 1. The predicted octanol–water partition coefficient (Wildman–Crippen LogP) is 2.54. The molecule has 29 heavy (non-hydrogen) atoms. The quantitative estimate of drug-likeness (QED) is 0.839. The Labute approximate surface area is 171 Å². The number of nitrogens with zero attached hydrogens (tertiary/aromatic N) is 2. The van der Waals surface area contributed by atoms with E-state index in [1.807, 2.05) is 12.1 Å². The van der Waals surface area contributed by atoms with E-state index in [0.29, 0.717) is 23.4 Å². The zero-order chi connectivity index (χ0) is 20.0. The van der Waals surface area contributed by atoms with Crippen LogP contribution in [0.25, 0.3) is 0 Å². The molecule has 0 radical (unpaired) electrons. The number of fused-ring (bicyclic) bond motifs is 3. The molecule has 1 aromatic heterocycles. The maximum absolute atomic E-state index is 13.3. The van der Waals surface area contributed by atoms with Crippen LogP contribution in [0.1, 0.15) is 47.2 Å². The Bertz CT molecular complexity index is 1040. The second-order valence-electron chi connectivity index (χ2n) is 8.42. The Hall–Kier alpha value is -2.25. The largest absolute Gasteiger partial charge is 0.349 e. The van der Waals surface area contributed by atoms with E-state index >= 15 is 0 Å². The van der Waals surface area contributed by atoms with Crippen molar-refractivity contribution < 1.29 is 13.2 Å². The van der Waals surface area contributed by atoms with Crippen LogP contribution in [-0.4, -0.2) is 42.2 Å². The highest BCUT2D eigenvalue weighted by Gasteiger charge is 2.49. The standard InChI is InChI=1S/C22H25N3O3S/c26-22(17-6-3-9-23-13-17)24-21-12-19-10-18(21)14-25(19)29(27,28)20-8-7-15-4-1-2-5-16(15)11-20/h3,6-9,11,13,18-19,21H,1-2,4-5,10,12,14H2,(H,24,26)/t18-,19-,21-/m0/s1. The van der Waals surface area contributed by atoms with Gasteiger partial charge >= 0.3 is 0 Å². The number of hydrogen-bond acceptors (Lipinski definition) is 4. The monoisotopic (exact) mass is 411 g/mol. The molecule has 1 saturated heterocycles. The van der Waals surface area contributed by atoms with Gasteiger partial charge in [0, 0.05) is 31.0 Å². The van der Waals surface area contributed by atoms with E-state index in [-0.39, 0.29) is 23.9 Å². The van der Waals surface area contributed by atoms with Crippen LogP contribution in [0.3, 0.4) is 0 Å². The molecule has 2 aliphatic carbocycles. The normalized spacial score (nSPS) is 26.3. The van der Waals surface area contributed by atoms with E-state index in [4.69, 9.17) is 0 Å². The minimum atomic E-state index is -3.50. The summed E-state index contributed by atoms with van der Waals surface area (Å²) in [6, 6.07) is 9.10. The first-order valence-electron chi connectivity index (χ1n) is 10.4. The van der Waals surface area contributed by atoms with E-state index in [1.165, 1.54) is 17.5 Å². The number of aryl methyl sites for hydroxylation is 2. The molecule has 2 aromatic rings. The van der Waals surface area contributed by atoms with Gasteiger partial charge in [-0.15, -0.1) is 0 Å². The van der Waals surface area contributed by atoms with Crippen LogP contribution in [0.5, 0.6) is 0 Å². The van der Waals surface area contributed by atoms with Gasteiger partial charge in [-0.25, -0.2) is 8.42 Å². The van der Waals surface area contributed by atoms with Gasteiger partial charge < -0.3 is 5.32 Å². The molecule has 0 spiro atoms. The molecule has 2 bridgehead atoms. The summed E-state index contributed by atoms with van der Waals surface area (Å²) in [6.45, 7) is 0.474. The Balaban J connectivity index is 1.29. The molecule has 2 heterocycles. The summed E-state index contributed by atoms with van der Waals surface area (Å²) in [5.41, 5.74) is 3.01. The highest BCUT2D eigenvalue weighted by atomic mass is 32.2. The molecule has 1 aromatic carbocycles. The fourth-order valence-electron chi connectivity index (χ4n) is 5.14. The van der Waals surface area contributed by atoms with Crippen LogP contribution in [0.4, 0.5) is 0 Å². The van der Waals surface area contributed by atoms with Crippen molar-refractivity contribution in [3.63, 3.8) is 0 Å². The maximum Gasteiger partial charge on any atom is 0.253 e. The molecule has 1 amide bonds. The Morgan fingerprint density at radius 1 is 1.10 bits per heavy atom. The van der Waals surface area contributed by atoms with E-state index < -0.39 is 10.0 Å². The van der Waals surface area contributed by atoms with Crippen molar-refractivity contribution in [1.82, 2.24) is 14.6 Å². The van der Waals surface area contributed by atoms with Crippen LogP contribution < -0.4 is 5.32 Å². The fraction of sp³-hybridized carbons (Fsp3) is 0.455. The molecule has 7 heteroatoms. The van der Waals surface area contributed by atoms with Crippen molar-refractivity contribution in [1.29, 1.82) is 0 Å². The molecule has 152 valence electrons. The number of rotatable bonds is 4. The molecule has 1 aliphatic heterocycles. The number of nitrogens with one attached hydrogen (secondary N) is 1. The molecule has 3 atom stereocenters. The van der Waals surface area contributed by atoms with E-state index in [9.17, 15) is 13.2 Å². The van der Waals surface area contributed by atoms with E-state index in [2.05, 4.69) is 10.3 Å². The lowest BCUT2D eigenvalue weighted by Gasteiger charge is -2.31. The molecule has 6 nitrogen and oxygen atoms in total. The fourth-order valence-corrected chi connectivity index (χ4v) is 6.89. The summed E-state index contributed by atoms with van der Waals surface area (Å²) in [7, 11) is -3.50. The number of carbonyl (C=O) groups is 1. The van der Waals surface area contributed by atoms with Gasteiger partial charge in [-0.1, -0.05) is 6.07 Å². The average molecular weight is 412 g/mol. The second-order valence-corrected chi connectivity index (χ2v) is 10.3. The van der Waals surface area contributed by atoms with Gasteiger partial charge in [0.05, 0.1) is 10.5 Å². The van der Waals surface area contributed by atoms with Gasteiger partial charge in [-0.3, -0.25) is 9.78 Å². The highest BCUT2D eigenvalue weighted by molar-refractivity contribution is 7.89. The zero-order valence-corrected chi connectivity index (χ0v) is 17.1. The maximum atomic E-state index is 13.3. The molecule has 1 saturated carbocycles. The number of amides is 1. The van der Waals surface area contributed by atoms with Gasteiger partial charge in [0.1, 0.15) is 0 Å². The first kappa shape index (κ1) is 18.8. The van der Waals surface area contributed by atoms with Crippen molar-refractivity contribution in [3.8, 4) is 0 Å². The first-order chi connectivity index (χ1) is 14.0. The first-order valence-corrected chi connectivity index (χ1v) is 11.8. The van der Waals surface area contributed by atoms with Crippen molar-refractivity contribution in [2.45, 2.75) is 55.5 Å². The number of aromatic nitrogens is 1. The van der Waals surface area contributed by atoms with Gasteiger partial charge in [0.25, 0.3) is 5.91 Å². The van der Waals surface area contributed by atoms with E-state index in [0.717, 1.165) is 25.7 Å². The lowest BCUT2D eigenvalue weighted by atomic mass is 9.92. The minimum Gasteiger partial charge on any atom is -0.349 e. The Morgan fingerprint density at radius 2 is 1.93 bits per heavy atom. The van der Waals surface area contributed by atoms with Crippen molar-refractivity contribution >= 4 is 15.9 Å². The van der Waals surface area contributed by atoms with Gasteiger partial charge in [0.2, 0.25) is 10.0 Å². The number of piperidine rings is 1. The van der Waals surface area contributed by atoms with Crippen molar-refractivity contribution in [3.05, 3.63) is 59.4 Å². The Kier molecular flexibility index (Phi) is 4.67. The third kappa shape index (κ3) is 3.36. The Morgan fingerprint density at radius 3 is 2.66 bits per heavy atom. The number of sulfonamides is 1. The summed E-state index contributed by atoms with van der Waals surface area (Å²) in [5, 5.41) is 3.08. The summed E-state index contributed by atoms with van der Waals surface area (Å²) in [4.78, 5) is 16.8. The highest BCUT2D eigenvalue weighted by Crippen LogP contribution is 2.41. The molecule has 0 unspecified atom stereocenters. The molecule has 3 aliphatic rings. The molecule has 1 N–H and O–H groups in total. The molecular formula is C22H25N3O3S. The van der Waals surface area contributed by atoms with Crippen molar-refractivity contribution in [2.24, 2.45) is 5.92 Å². The van der Waals surface area contributed by atoms with Crippen LogP contribution in [-0.2, 0) is 22.9 Å². The summed E-state index contributed by atoms with van der Waals surface area (Å²) in [5.74, 6) is 0.0211. The predicted molar refractivity (Wildman–Crippen MR) is 109 cm³/mol. The summed E-state index contributed by atoms with van der Waals surface area (Å²) >= 11 is 0. The third-order valence-electron chi connectivity index (χ3n) is 6.66. The number of hydrogen-bond donors (Lipinski definition) is 1.